The molecule has 0 aromatic carbocycles. The maximum Gasteiger partial charge on any atom is 0.369 e. The van der Waals surface area contributed by atoms with Crippen LogP contribution in [-0.2, 0) is 9.30 Å². The number of ether oxygens (including phenoxy) is 1. The van der Waals surface area contributed by atoms with E-state index in [1.54, 1.807) is 0 Å². The number of hydrogen-bond donors (Lipinski definition) is 1. The van der Waals surface area contributed by atoms with E-state index in [0.717, 1.165) is 13.1 Å². The van der Waals surface area contributed by atoms with Crippen molar-refractivity contribution >= 4 is 20.4 Å². The molecule has 0 aromatic heterocycles. The number of thiol groups is 1. The average Bonchev–Trinajstić information content (AvgIpc) is 2.16. The normalized spacial score (nSPS) is 14.5. The van der Waals surface area contributed by atoms with E-state index in [-0.39, 0.29) is 5.37 Å². The highest BCUT2D eigenvalue weighted by Gasteiger charge is 2.23. The van der Waals surface area contributed by atoms with Crippen molar-refractivity contribution in [3.63, 3.8) is 0 Å². The molecule has 5 heteroatoms. The molecule has 0 bridgehead atoms. The Labute approximate surface area is 93.4 Å². The fourth-order valence-electron chi connectivity index (χ4n) is 1.19. The SMILES string of the molecule is CCOC[P+](=O)CC(S)N(CC)CC. The lowest BCUT2D eigenvalue weighted by Crippen LogP contribution is -2.32. The summed E-state index contributed by atoms with van der Waals surface area (Å²) in [5.41, 5.74) is 0. The van der Waals surface area contributed by atoms with Gasteiger partial charge in [-0.3, -0.25) is 4.90 Å². The van der Waals surface area contributed by atoms with Gasteiger partial charge in [-0.2, -0.15) is 12.6 Å². The highest BCUT2D eigenvalue weighted by molar-refractivity contribution is 7.81. The summed E-state index contributed by atoms with van der Waals surface area (Å²) in [6.45, 7) is 8.60. The van der Waals surface area contributed by atoms with Crippen LogP contribution in [0.15, 0.2) is 0 Å². The Balaban J connectivity index is 3.79. The maximum absolute atomic E-state index is 11.5. The highest BCUT2D eigenvalue weighted by atomic mass is 32.1. The third-order valence-corrected chi connectivity index (χ3v) is 4.06. The van der Waals surface area contributed by atoms with Gasteiger partial charge in [0.2, 0.25) is 6.35 Å². The molecule has 0 aliphatic carbocycles. The molecule has 3 nitrogen and oxygen atoms in total. The topological polar surface area (TPSA) is 29.5 Å². The third kappa shape index (κ3) is 5.97. The van der Waals surface area contributed by atoms with Crippen LogP contribution in [0.25, 0.3) is 0 Å². The lowest BCUT2D eigenvalue weighted by Gasteiger charge is -2.21. The molecule has 2 unspecified atom stereocenters. The van der Waals surface area contributed by atoms with Crippen molar-refractivity contribution in [3.05, 3.63) is 0 Å². The van der Waals surface area contributed by atoms with Crippen molar-refractivity contribution in [2.45, 2.75) is 26.1 Å². The second kappa shape index (κ2) is 8.66. The molecule has 0 rings (SSSR count). The zero-order valence-electron chi connectivity index (χ0n) is 9.27. The number of hydrogen-bond acceptors (Lipinski definition) is 4. The Kier molecular flexibility index (Phi) is 8.89. The molecule has 0 radical (unpaired) electrons. The summed E-state index contributed by atoms with van der Waals surface area (Å²) < 4.78 is 16.6. The minimum Gasteiger partial charge on any atom is -0.338 e. The molecule has 0 aromatic rings. The standard InChI is InChI=1S/C9H20NO2PS/c1-4-10(5-2)9(14)7-13(11)8-12-6-3/h9H,4-8H2,1-3H3/p+1. The largest absolute Gasteiger partial charge is 0.369 e. The zero-order chi connectivity index (χ0) is 11.0. The average molecular weight is 238 g/mol. The minimum absolute atomic E-state index is 0.0917. The first-order valence-corrected chi connectivity index (χ1v) is 7.22. The first kappa shape index (κ1) is 14.4. The molecule has 0 amide bonds. The summed E-state index contributed by atoms with van der Waals surface area (Å²) in [6.07, 6.45) is 0.976. The predicted octanol–water partition coefficient (Wildman–Crippen LogP) is 2.41. The van der Waals surface area contributed by atoms with E-state index in [4.69, 9.17) is 4.74 Å². The number of nitrogens with zero attached hydrogens (tertiary/aromatic N) is 1. The molecule has 14 heavy (non-hydrogen) atoms. The van der Waals surface area contributed by atoms with Crippen molar-refractivity contribution in [1.29, 1.82) is 0 Å². The first-order valence-electron chi connectivity index (χ1n) is 5.07. The molecule has 0 aliphatic heterocycles. The highest BCUT2D eigenvalue weighted by Crippen LogP contribution is 2.24. The first-order chi connectivity index (χ1) is 6.65. The van der Waals surface area contributed by atoms with Crippen LogP contribution in [0.5, 0.6) is 0 Å². The van der Waals surface area contributed by atoms with Gasteiger partial charge >= 0.3 is 7.80 Å². The molecule has 0 spiro atoms. The van der Waals surface area contributed by atoms with Crippen LogP contribution >= 0.6 is 20.4 Å². The molecule has 0 aliphatic rings. The van der Waals surface area contributed by atoms with Crippen LogP contribution in [-0.4, -0.2) is 42.5 Å². The Morgan fingerprint density at radius 1 is 1.36 bits per heavy atom. The Morgan fingerprint density at radius 2 is 1.93 bits per heavy atom. The van der Waals surface area contributed by atoms with Crippen molar-refractivity contribution in [2.75, 3.05) is 32.2 Å². The van der Waals surface area contributed by atoms with Gasteiger partial charge in [-0.15, -0.1) is 0 Å². The van der Waals surface area contributed by atoms with E-state index in [1.807, 2.05) is 6.92 Å². The lowest BCUT2D eigenvalue weighted by molar-refractivity contribution is 0.193. The monoisotopic (exact) mass is 238 g/mol. The molecule has 2 atom stereocenters. The van der Waals surface area contributed by atoms with Crippen molar-refractivity contribution in [1.82, 2.24) is 4.90 Å². The predicted molar refractivity (Wildman–Crippen MR) is 64.7 cm³/mol. The van der Waals surface area contributed by atoms with Crippen LogP contribution in [0.3, 0.4) is 0 Å². The second-order valence-corrected chi connectivity index (χ2v) is 5.17. The molecular weight excluding hydrogens is 217 g/mol. The lowest BCUT2D eigenvalue weighted by atomic mass is 10.5. The van der Waals surface area contributed by atoms with E-state index in [9.17, 15) is 4.57 Å². The van der Waals surface area contributed by atoms with Crippen LogP contribution in [0.4, 0.5) is 0 Å². The third-order valence-electron chi connectivity index (χ3n) is 2.04. The van der Waals surface area contributed by atoms with Gasteiger partial charge < -0.3 is 4.74 Å². The fraction of sp³-hybridized carbons (Fsp3) is 1.00. The van der Waals surface area contributed by atoms with Crippen molar-refractivity contribution in [2.24, 2.45) is 0 Å². The molecule has 0 fully saturated rings. The van der Waals surface area contributed by atoms with Gasteiger partial charge in [-0.1, -0.05) is 18.4 Å². The molecular formula is C9H21NO2PS+. The number of rotatable bonds is 8. The second-order valence-electron chi connectivity index (χ2n) is 2.99. The zero-order valence-corrected chi connectivity index (χ0v) is 11.1. The molecule has 0 heterocycles. The Bertz CT molecular complexity index is 165. The van der Waals surface area contributed by atoms with Gasteiger partial charge in [0.05, 0.1) is 5.37 Å². The van der Waals surface area contributed by atoms with Crippen LogP contribution in [0.2, 0.25) is 0 Å². The summed E-state index contributed by atoms with van der Waals surface area (Å²) in [7, 11) is -1.26. The summed E-state index contributed by atoms with van der Waals surface area (Å²) in [4.78, 5) is 2.18. The van der Waals surface area contributed by atoms with E-state index in [0.29, 0.717) is 19.1 Å². The fourth-order valence-corrected chi connectivity index (χ4v) is 3.15. The minimum atomic E-state index is -1.26. The summed E-state index contributed by atoms with van der Waals surface area (Å²) >= 11 is 4.43. The summed E-state index contributed by atoms with van der Waals surface area (Å²) in [5.74, 6) is 0. The smallest absolute Gasteiger partial charge is 0.338 e. The van der Waals surface area contributed by atoms with E-state index < -0.39 is 7.80 Å². The summed E-state index contributed by atoms with van der Waals surface area (Å²) in [6, 6.07) is 0. The maximum atomic E-state index is 11.5. The van der Waals surface area contributed by atoms with E-state index >= 15 is 0 Å². The van der Waals surface area contributed by atoms with Crippen LogP contribution in [0, 0.1) is 0 Å². The molecule has 84 valence electrons. The quantitative estimate of drug-likeness (QED) is 0.400. The summed E-state index contributed by atoms with van der Waals surface area (Å²) in [5, 5.41) is 0.0917. The molecule has 0 saturated heterocycles. The van der Waals surface area contributed by atoms with E-state index in [1.165, 1.54) is 0 Å². The Hall–Kier alpha value is 0.370. The van der Waals surface area contributed by atoms with Gasteiger partial charge in [0.1, 0.15) is 0 Å². The van der Waals surface area contributed by atoms with Gasteiger partial charge in [-0.25, -0.2) is 0 Å². The molecule has 0 saturated carbocycles. The molecule has 0 N–H and O–H groups in total. The van der Waals surface area contributed by atoms with Crippen LogP contribution < -0.4 is 0 Å². The van der Waals surface area contributed by atoms with Crippen molar-refractivity contribution < 1.29 is 9.30 Å². The van der Waals surface area contributed by atoms with Crippen molar-refractivity contribution in [3.8, 4) is 0 Å². The van der Waals surface area contributed by atoms with Gasteiger partial charge in [0.15, 0.2) is 6.16 Å². The van der Waals surface area contributed by atoms with E-state index in [2.05, 4.69) is 31.4 Å². The van der Waals surface area contributed by atoms with Gasteiger partial charge in [-0.05, 0) is 20.0 Å². The Morgan fingerprint density at radius 3 is 2.36 bits per heavy atom. The van der Waals surface area contributed by atoms with Gasteiger partial charge in [0, 0.05) is 6.61 Å². The van der Waals surface area contributed by atoms with Crippen LogP contribution in [0.1, 0.15) is 20.8 Å². The van der Waals surface area contributed by atoms with Gasteiger partial charge in [0.25, 0.3) is 0 Å².